The third-order valence-corrected chi connectivity index (χ3v) is 18.1. The summed E-state index contributed by atoms with van der Waals surface area (Å²) in [4.78, 5) is 2.39. The number of rotatable bonds is 12. The minimum atomic E-state index is -0.655. The number of nitrogens with zero attached hydrogens (tertiary/aromatic N) is 1. The maximum atomic E-state index is 5.77. The van der Waals surface area contributed by atoms with Crippen molar-refractivity contribution >= 4 is 17.1 Å². The summed E-state index contributed by atoms with van der Waals surface area (Å²) in [5, 5.41) is 0. The van der Waals surface area contributed by atoms with Crippen LogP contribution in [0.1, 0.15) is 55.6 Å². The van der Waals surface area contributed by atoms with Crippen LogP contribution in [0.15, 0.2) is 315 Å². The molecule has 0 saturated heterocycles. The van der Waals surface area contributed by atoms with Crippen molar-refractivity contribution in [3.05, 3.63) is 371 Å². The second kappa shape index (κ2) is 21.0. The van der Waals surface area contributed by atoms with Crippen molar-refractivity contribution in [2.45, 2.75) is 24.7 Å². The molecule has 0 fully saturated rings. The van der Waals surface area contributed by atoms with Gasteiger partial charge in [0.05, 0.1) is 17.9 Å². The highest BCUT2D eigenvalue weighted by atomic mass is 16.5. The summed E-state index contributed by atoms with van der Waals surface area (Å²) >= 11 is 0. The molecule has 2 aliphatic carbocycles. The number of benzene rings is 13. The number of aryl methyl sites for hydroxylation is 2. The predicted molar refractivity (Wildman–Crippen MR) is 354 cm³/mol. The van der Waals surface area contributed by atoms with Gasteiger partial charge in [-0.25, -0.2) is 0 Å². The van der Waals surface area contributed by atoms with E-state index in [4.69, 9.17) is 4.74 Å². The average Bonchev–Trinajstić information content (AvgIpc) is 1.77. The summed E-state index contributed by atoms with van der Waals surface area (Å²) < 4.78 is 5.77. The van der Waals surface area contributed by atoms with Gasteiger partial charge in [-0.05, 0) is 198 Å². The molecule has 0 saturated carbocycles. The number of hydrogen-bond acceptors (Lipinski definition) is 2. The van der Waals surface area contributed by atoms with Gasteiger partial charge in [-0.3, -0.25) is 0 Å². The van der Waals surface area contributed by atoms with E-state index in [1.807, 2.05) is 0 Å². The topological polar surface area (TPSA) is 12.5 Å². The molecule has 0 aromatic heterocycles. The molecule has 0 radical (unpaired) electrons. The molecule has 0 heterocycles. The maximum Gasteiger partial charge on any atom is 0.119 e. The van der Waals surface area contributed by atoms with Crippen molar-refractivity contribution in [2.24, 2.45) is 0 Å². The van der Waals surface area contributed by atoms with Crippen LogP contribution in [-0.4, -0.2) is 7.11 Å². The highest BCUT2D eigenvalue weighted by Crippen LogP contribution is 2.60. The van der Waals surface area contributed by atoms with Crippen LogP contribution < -0.4 is 9.64 Å². The summed E-state index contributed by atoms with van der Waals surface area (Å²) in [6.07, 6.45) is 0. The van der Waals surface area contributed by atoms with Gasteiger partial charge in [0.25, 0.3) is 0 Å². The largest absolute Gasteiger partial charge is 0.497 e. The second-order valence-corrected chi connectivity index (χ2v) is 22.9. The fraction of sp³-hybridized carbons (Fsp3) is 0.0602. The normalized spacial score (nSPS) is 13.1. The fourth-order valence-corrected chi connectivity index (χ4v) is 14.0. The first-order valence-electron chi connectivity index (χ1n) is 29.5. The Balaban J connectivity index is 0.922. The second-order valence-electron chi connectivity index (χ2n) is 22.9. The molecule has 0 amide bonds. The molecule has 15 rings (SSSR count). The number of methoxy groups -OCH3 is 1. The van der Waals surface area contributed by atoms with E-state index in [1.165, 1.54) is 122 Å². The Hall–Kier alpha value is -10.5. The highest BCUT2D eigenvalue weighted by Gasteiger charge is 2.48. The number of hydrogen-bond donors (Lipinski definition) is 0. The van der Waals surface area contributed by atoms with Gasteiger partial charge in [0, 0.05) is 17.1 Å². The Morgan fingerprint density at radius 2 is 0.494 bits per heavy atom. The van der Waals surface area contributed by atoms with Crippen molar-refractivity contribution in [1.82, 2.24) is 0 Å². The van der Waals surface area contributed by atoms with Crippen molar-refractivity contribution in [1.29, 1.82) is 0 Å². The molecule has 0 unspecified atom stereocenters. The molecule has 0 N–H and O–H groups in total. The lowest BCUT2D eigenvalue weighted by Crippen LogP contribution is -2.29. The van der Waals surface area contributed by atoms with Crippen LogP contribution in [0.5, 0.6) is 5.75 Å². The molecule has 0 aliphatic heterocycles. The van der Waals surface area contributed by atoms with E-state index >= 15 is 0 Å². The number of fused-ring (bicyclic) bond motifs is 6. The van der Waals surface area contributed by atoms with Gasteiger partial charge in [0.15, 0.2) is 0 Å². The lowest BCUT2D eigenvalue weighted by atomic mass is 9.67. The van der Waals surface area contributed by atoms with Gasteiger partial charge in [-0.2, -0.15) is 0 Å². The monoisotopic (exact) mass is 1090 g/mol. The molecule has 13 aromatic carbocycles. The van der Waals surface area contributed by atoms with Crippen molar-refractivity contribution < 1.29 is 4.74 Å². The summed E-state index contributed by atoms with van der Waals surface area (Å²) in [7, 11) is 1.73. The van der Waals surface area contributed by atoms with E-state index < -0.39 is 10.8 Å². The maximum absolute atomic E-state index is 5.77. The van der Waals surface area contributed by atoms with Crippen LogP contribution in [-0.2, 0) is 10.8 Å². The molecule has 2 nitrogen and oxygen atoms in total. The third-order valence-electron chi connectivity index (χ3n) is 18.1. The Morgan fingerprint density at radius 3 is 0.753 bits per heavy atom. The number of ether oxygens (including phenoxy) is 1. The first-order chi connectivity index (χ1) is 41.9. The molecule has 0 bridgehead atoms. The van der Waals surface area contributed by atoms with E-state index in [-0.39, 0.29) is 0 Å². The van der Waals surface area contributed by atoms with Crippen molar-refractivity contribution in [3.63, 3.8) is 0 Å². The zero-order valence-corrected chi connectivity index (χ0v) is 47.9. The van der Waals surface area contributed by atoms with Gasteiger partial charge in [-0.15, -0.1) is 0 Å². The Bertz CT molecular complexity index is 4120. The average molecular weight is 1090 g/mol. The molecule has 404 valence electrons. The van der Waals surface area contributed by atoms with E-state index in [0.29, 0.717) is 0 Å². The molecule has 85 heavy (non-hydrogen) atoms. The van der Waals surface area contributed by atoms with E-state index in [0.717, 1.165) is 22.8 Å². The van der Waals surface area contributed by atoms with Crippen LogP contribution >= 0.6 is 0 Å². The minimum Gasteiger partial charge on any atom is -0.497 e. The van der Waals surface area contributed by atoms with Crippen LogP contribution in [0.3, 0.4) is 0 Å². The SMILES string of the molecule is COc1ccc(N(c2ccc(C3(c4ccc(C)cc4)c4cc(-c5ccccc5)ccc4-c4ccc(-c5ccccc5)cc43)cc2)c2ccc(C3(c4ccc(C)cc4)c4cc(-c5ccccc5)ccc4-c4ccc(-c5ccccc5)cc43)cc2)cc1. The van der Waals surface area contributed by atoms with Crippen molar-refractivity contribution in [2.75, 3.05) is 12.0 Å². The zero-order chi connectivity index (χ0) is 57.1. The van der Waals surface area contributed by atoms with E-state index in [2.05, 4.69) is 334 Å². The zero-order valence-electron chi connectivity index (χ0n) is 47.9. The lowest BCUT2D eigenvalue weighted by molar-refractivity contribution is 0.415. The quantitative estimate of drug-likeness (QED) is 0.121. The Kier molecular flexibility index (Phi) is 12.7. The summed E-state index contributed by atoms with van der Waals surface area (Å²) in [6.45, 7) is 4.36. The molecule has 2 heteroatoms. The van der Waals surface area contributed by atoms with Crippen molar-refractivity contribution in [3.8, 4) is 72.5 Å². The first kappa shape index (κ1) is 51.3. The molecule has 0 spiro atoms. The molecular weight excluding hydrogens is 1030 g/mol. The summed E-state index contributed by atoms with van der Waals surface area (Å²) in [5.74, 6) is 0.807. The third kappa shape index (κ3) is 8.55. The summed E-state index contributed by atoms with van der Waals surface area (Å²) in [6, 6.07) is 118. The lowest BCUT2D eigenvalue weighted by Gasteiger charge is -2.36. The van der Waals surface area contributed by atoms with Crippen LogP contribution in [0.25, 0.3) is 66.8 Å². The molecular formula is C83H61NO. The van der Waals surface area contributed by atoms with E-state index in [9.17, 15) is 0 Å². The van der Waals surface area contributed by atoms with Gasteiger partial charge < -0.3 is 9.64 Å². The van der Waals surface area contributed by atoms with Crippen LogP contribution in [0.4, 0.5) is 17.1 Å². The van der Waals surface area contributed by atoms with Gasteiger partial charge in [0.1, 0.15) is 5.75 Å². The number of anilines is 3. The molecule has 0 atom stereocenters. The van der Waals surface area contributed by atoms with E-state index in [1.54, 1.807) is 7.11 Å². The minimum absolute atomic E-state index is 0.655. The molecule has 13 aromatic rings. The standard InChI is InChI=1S/C83H61NO/c1-56-24-32-66(33-25-56)82(78-52-62(58-16-8-4-9-17-58)28-48-74(78)75-49-29-63(53-79(75)82)59-18-10-5-11-19-59)68-36-40-70(41-37-68)84(72-44-46-73(85-3)47-45-72)71-42-38-69(39-43-71)83(67-34-26-57(2)27-35-67)80-54-64(60-20-12-6-13-21-60)30-50-76(80)77-51-31-65(55-81(77)83)61-22-14-7-15-23-61/h4-55H,1-3H3. The summed E-state index contributed by atoms with van der Waals surface area (Å²) in [5.41, 5.74) is 28.8. The van der Waals surface area contributed by atoms with Gasteiger partial charge >= 0.3 is 0 Å². The van der Waals surface area contributed by atoms with Gasteiger partial charge in [0.2, 0.25) is 0 Å². The smallest absolute Gasteiger partial charge is 0.119 e. The van der Waals surface area contributed by atoms with Crippen LogP contribution in [0, 0.1) is 13.8 Å². The highest BCUT2D eigenvalue weighted by molar-refractivity contribution is 5.93. The Morgan fingerprint density at radius 1 is 0.247 bits per heavy atom. The van der Waals surface area contributed by atoms with Crippen LogP contribution in [0.2, 0.25) is 0 Å². The molecule has 2 aliphatic rings. The fourth-order valence-electron chi connectivity index (χ4n) is 14.0. The Labute approximate surface area is 499 Å². The van der Waals surface area contributed by atoms with Gasteiger partial charge in [-0.1, -0.05) is 254 Å². The predicted octanol–water partition coefficient (Wildman–Crippen LogP) is 21.2. The first-order valence-corrected chi connectivity index (χ1v) is 29.5.